The van der Waals surface area contributed by atoms with Crippen LogP contribution in [0.4, 0.5) is 4.39 Å². The molecule has 1 heterocycles. The summed E-state index contributed by atoms with van der Waals surface area (Å²) in [5.74, 6) is -0.275. The van der Waals surface area contributed by atoms with Crippen molar-refractivity contribution in [2.24, 2.45) is 5.73 Å². The van der Waals surface area contributed by atoms with E-state index >= 15 is 0 Å². The first-order chi connectivity index (χ1) is 11.3. The van der Waals surface area contributed by atoms with Gasteiger partial charge in [-0.15, -0.1) is 5.10 Å². The lowest BCUT2D eigenvalue weighted by Crippen LogP contribution is -2.06. The first-order valence-electron chi connectivity index (χ1n) is 7.70. The average Bonchev–Trinajstić information content (AvgIpc) is 2.99. The van der Waals surface area contributed by atoms with Gasteiger partial charge in [-0.1, -0.05) is 47.7 Å². The maximum atomic E-state index is 13.5. The Kier molecular flexibility index (Phi) is 4.78. The summed E-state index contributed by atoms with van der Waals surface area (Å²) in [5, 5.41) is 8.32. The fraction of sp³-hybridized carbons (Fsp3) is 0.222. The molecule has 0 unspecified atom stereocenters. The van der Waals surface area contributed by atoms with Crippen molar-refractivity contribution in [2.45, 2.75) is 25.9 Å². The van der Waals surface area contributed by atoms with E-state index in [2.05, 4.69) is 22.4 Å². The van der Waals surface area contributed by atoms with Crippen LogP contribution in [0, 0.1) is 5.82 Å². The Morgan fingerprint density at radius 3 is 2.61 bits per heavy atom. The summed E-state index contributed by atoms with van der Waals surface area (Å²) in [6, 6.07) is 16.8. The summed E-state index contributed by atoms with van der Waals surface area (Å²) >= 11 is 0. The fourth-order valence-electron chi connectivity index (χ4n) is 2.67. The molecule has 0 aliphatic rings. The van der Waals surface area contributed by atoms with Crippen LogP contribution in [0.2, 0.25) is 0 Å². The van der Waals surface area contributed by atoms with Crippen LogP contribution in [0.1, 0.15) is 17.7 Å². The number of nitrogens with two attached hydrogens (primary N) is 1. The van der Waals surface area contributed by atoms with Crippen molar-refractivity contribution in [3.05, 3.63) is 71.7 Å². The van der Waals surface area contributed by atoms with Gasteiger partial charge in [0, 0.05) is 18.7 Å². The van der Waals surface area contributed by atoms with Crippen molar-refractivity contribution >= 4 is 0 Å². The molecule has 1 aromatic heterocycles. The molecule has 0 amide bonds. The lowest BCUT2D eigenvalue weighted by molar-refractivity contribution is 0.563. The van der Waals surface area contributed by atoms with Gasteiger partial charge in [-0.25, -0.2) is 9.07 Å². The Morgan fingerprint density at radius 2 is 1.87 bits per heavy atom. The largest absolute Gasteiger partial charge is 0.325 e. The van der Waals surface area contributed by atoms with Crippen LogP contribution < -0.4 is 5.73 Å². The van der Waals surface area contributed by atoms with E-state index in [-0.39, 0.29) is 12.4 Å². The second-order valence-electron chi connectivity index (χ2n) is 5.41. The number of hydrogen-bond donors (Lipinski definition) is 1. The molecule has 3 aromatic rings. The molecule has 0 saturated carbocycles. The molecular formula is C18H19FN4. The highest BCUT2D eigenvalue weighted by Crippen LogP contribution is 2.23. The second-order valence-corrected chi connectivity index (χ2v) is 5.41. The topological polar surface area (TPSA) is 56.7 Å². The third kappa shape index (κ3) is 3.63. The Morgan fingerprint density at radius 1 is 1.04 bits per heavy atom. The molecule has 0 spiro atoms. The van der Waals surface area contributed by atoms with Crippen LogP contribution in [-0.2, 0) is 19.5 Å². The maximum Gasteiger partial charge on any atom is 0.123 e. The van der Waals surface area contributed by atoms with Crippen LogP contribution in [0.15, 0.2) is 54.6 Å². The van der Waals surface area contributed by atoms with Gasteiger partial charge in [0.15, 0.2) is 0 Å². The zero-order valence-electron chi connectivity index (χ0n) is 12.8. The van der Waals surface area contributed by atoms with Crippen LogP contribution in [-0.4, -0.2) is 15.0 Å². The summed E-state index contributed by atoms with van der Waals surface area (Å²) in [5.41, 5.74) is 9.30. The molecule has 5 heteroatoms. The fourth-order valence-corrected chi connectivity index (χ4v) is 2.67. The van der Waals surface area contributed by atoms with E-state index in [1.807, 2.05) is 28.9 Å². The van der Waals surface area contributed by atoms with Gasteiger partial charge in [0.1, 0.15) is 11.5 Å². The number of rotatable bonds is 6. The van der Waals surface area contributed by atoms with Gasteiger partial charge in [-0.2, -0.15) is 0 Å². The SMILES string of the molecule is NCc1nnn(CCCc2ccccc2)c1-c1cccc(F)c1. The van der Waals surface area contributed by atoms with E-state index in [4.69, 9.17) is 5.73 Å². The first-order valence-corrected chi connectivity index (χ1v) is 7.70. The van der Waals surface area contributed by atoms with Gasteiger partial charge >= 0.3 is 0 Å². The third-order valence-electron chi connectivity index (χ3n) is 3.77. The standard InChI is InChI=1S/C18H19FN4/c19-16-10-4-9-15(12-16)18-17(13-20)21-22-23(18)11-5-8-14-6-2-1-3-7-14/h1-4,6-7,9-10,12H,5,8,11,13,20H2. The van der Waals surface area contributed by atoms with Gasteiger partial charge in [0.05, 0.1) is 5.69 Å². The highest BCUT2D eigenvalue weighted by atomic mass is 19.1. The molecule has 0 bridgehead atoms. The molecule has 0 aliphatic heterocycles. The molecule has 0 fully saturated rings. The molecule has 0 radical (unpaired) electrons. The van der Waals surface area contributed by atoms with Crippen molar-refractivity contribution in [2.75, 3.05) is 0 Å². The van der Waals surface area contributed by atoms with Gasteiger partial charge in [-0.05, 0) is 30.5 Å². The zero-order valence-corrected chi connectivity index (χ0v) is 12.8. The summed E-state index contributed by atoms with van der Waals surface area (Å²) in [6.07, 6.45) is 1.89. The van der Waals surface area contributed by atoms with Crippen molar-refractivity contribution in [3.63, 3.8) is 0 Å². The maximum absolute atomic E-state index is 13.5. The van der Waals surface area contributed by atoms with Crippen LogP contribution in [0.5, 0.6) is 0 Å². The molecule has 3 rings (SSSR count). The van der Waals surface area contributed by atoms with Crippen molar-refractivity contribution in [1.29, 1.82) is 0 Å². The Bertz CT molecular complexity index is 768. The van der Waals surface area contributed by atoms with E-state index in [1.165, 1.54) is 17.7 Å². The van der Waals surface area contributed by atoms with E-state index in [1.54, 1.807) is 6.07 Å². The van der Waals surface area contributed by atoms with Crippen LogP contribution in [0.25, 0.3) is 11.3 Å². The molecule has 0 aliphatic carbocycles. The summed E-state index contributed by atoms with van der Waals surface area (Å²) in [6.45, 7) is 0.998. The predicted molar refractivity (Wildman–Crippen MR) is 88.1 cm³/mol. The number of benzene rings is 2. The molecule has 0 atom stereocenters. The molecule has 23 heavy (non-hydrogen) atoms. The lowest BCUT2D eigenvalue weighted by atomic mass is 10.1. The van der Waals surface area contributed by atoms with Crippen molar-refractivity contribution < 1.29 is 4.39 Å². The zero-order chi connectivity index (χ0) is 16.1. The average molecular weight is 310 g/mol. The molecule has 0 saturated heterocycles. The summed E-state index contributed by atoms with van der Waals surface area (Å²) in [4.78, 5) is 0. The summed E-state index contributed by atoms with van der Waals surface area (Å²) in [7, 11) is 0. The number of aromatic nitrogens is 3. The molecule has 2 N–H and O–H groups in total. The number of aryl methyl sites for hydroxylation is 2. The Balaban J connectivity index is 1.79. The Labute approximate surface area is 134 Å². The predicted octanol–water partition coefficient (Wildman–Crippen LogP) is 3.18. The number of hydrogen-bond acceptors (Lipinski definition) is 3. The highest BCUT2D eigenvalue weighted by Gasteiger charge is 2.14. The third-order valence-corrected chi connectivity index (χ3v) is 3.77. The van der Waals surface area contributed by atoms with Crippen molar-refractivity contribution in [3.8, 4) is 11.3 Å². The minimum atomic E-state index is -0.275. The van der Waals surface area contributed by atoms with E-state index < -0.39 is 0 Å². The van der Waals surface area contributed by atoms with Gasteiger partial charge in [0.2, 0.25) is 0 Å². The minimum Gasteiger partial charge on any atom is -0.325 e. The van der Waals surface area contributed by atoms with E-state index in [0.717, 1.165) is 24.1 Å². The lowest BCUT2D eigenvalue weighted by Gasteiger charge is -2.08. The molecule has 4 nitrogen and oxygen atoms in total. The first kappa shape index (κ1) is 15.4. The van der Waals surface area contributed by atoms with Crippen LogP contribution >= 0.6 is 0 Å². The smallest absolute Gasteiger partial charge is 0.123 e. The van der Waals surface area contributed by atoms with Gasteiger partial charge in [0.25, 0.3) is 0 Å². The Hall–Kier alpha value is -2.53. The van der Waals surface area contributed by atoms with Crippen LogP contribution in [0.3, 0.4) is 0 Å². The second kappa shape index (κ2) is 7.15. The van der Waals surface area contributed by atoms with E-state index in [0.29, 0.717) is 12.2 Å². The molecule has 2 aromatic carbocycles. The summed E-state index contributed by atoms with van der Waals surface area (Å²) < 4.78 is 15.3. The number of halogens is 1. The van der Waals surface area contributed by atoms with Crippen molar-refractivity contribution in [1.82, 2.24) is 15.0 Å². The van der Waals surface area contributed by atoms with Gasteiger partial charge < -0.3 is 5.73 Å². The normalized spacial score (nSPS) is 10.9. The number of nitrogens with zero attached hydrogens (tertiary/aromatic N) is 3. The minimum absolute atomic E-state index is 0.275. The molecular weight excluding hydrogens is 291 g/mol. The quantitative estimate of drug-likeness (QED) is 0.761. The monoisotopic (exact) mass is 310 g/mol. The van der Waals surface area contributed by atoms with E-state index in [9.17, 15) is 4.39 Å². The molecule has 118 valence electrons. The highest BCUT2D eigenvalue weighted by molar-refractivity contribution is 5.61. The van der Waals surface area contributed by atoms with Gasteiger partial charge in [-0.3, -0.25) is 0 Å².